The quantitative estimate of drug-likeness (QED) is 0.708. The zero-order valence-electron chi connectivity index (χ0n) is 17.6. The molecular formula is C25H27FN2O3. The van der Waals surface area contributed by atoms with Crippen molar-refractivity contribution in [2.75, 3.05) is 26.3 Å². The number of halogens is 1. The zero-order chi connectivity index (χ0) is 21.7. The second-order valence-electron chi connectivity index (χ2n) is 8.46. The number of amides is 1. The molecule has 2 aromatic carbocycles. The van der Waals surface area contributed by atoms with Crippen molar-refractivity contribution in [1.82, 2.24) is 4.90 Å². The van der Waals surface area contributed by atoms with Crippen LogP contribution in [-0.4, -0.2) is 42.7 Å². The molecule has 1 amide bonds. The predicted octanol–water partition coefficient (Wildman–Crippen LogP) is 4.57. The van der Waals surface area contributed by atoms with Gasteiger partial charge >= 0.3 is 0 Å². The molecule has 2 aromatic rings. The van der Waals surface area contributed by atoms with Crippen LogP contribution in [0.25, 0.3) is 0 Å². The van der Waals surface area contributed by atoms with Crippen LogP contribution in [0.15, 0.2) is 48.5 Å². The molecule has 2 heterocycles. The third-order valence-electron chi connectivity index (χ3n) is 6.43. The van der Waals surface area contributed by atoms with E-state index >= 15 is 0 Å². The Hall–Kier alpha value is -2.91. The molecule has 1 unspecified atom stereocenters. The van der Waals surface area contributed by atoms with Crippen molar-refractivity contribution in [3.05, 3.63) is 65.5 Å². The molecule has 0 radical (unpaired) electrons. The first-order valence-electron chi connectivity index (χ1n) is 10.9. The number of carbonyl (C=O) groups is 1. The minimum atomic E-state index is -0.261. The molecule has 0 aliphatic carbocycles. The molecule has 1 spiro atoms. The van der Waals surface area contributed by atoms with Gasteiger partial charge in [-0.05, 0) is 86.6 Å². The van der Waals surface area contributed by atoms with Gasteiger partial charge in [0.05, 0.1) is 23.8 Å². The average Bonchev–Trinajstić information content (AvgIpc) is 2.81. The van der Waals surface area contributed by atoms with Crippen molar-refractivity contribution in [1.29, 1.82) is 5.26 Å². The fourth-order valence-corrected chi connectivity index (χ4v) is 4.59. The smallest absolute Gasteiger partial charge is 0.253 e. The second-order valence-corrected chi connectivity index (χ2v) is 8.46. The van der Waals surface area contributed by atoms with Crippen LogP contribution in [0, 0.1) is 23.1 Å². The van der Waals surface area contributed by atoms with Gasteiger partial charge in [-0.3, -0.25) is 4.79 Å². The van der Waals surface area contributed by atoms with Gasteiger partial charge in [0.15, 0.2) is 0 Å². The third-order valence-corrected chi connectivity index (χ3v) is 6.43. The number of benzene rings is 2. The molecule has 2 aliphatic heterocycles. The number of rotatable bonds is 5. The van der Waals surface area contributed by atoms with E-state index in [4.69, 9.17) is 14.7 Å². The normalized spacial score (nSPS) is 20.3. The molecule has 6 heteroatoms. The molecule has 1 atom stereocenters. The maximum absolute atomic E-state index is 13.0. The topological polar surface area (TPSA) is 62.6 Å². The lowest BCUT2D eigenvalue weighted by Crippen LogP contribution is -2.50. The first-order chi connectivity index (χ1) is 15.1. The third kappa shape index (κ3) is 5.23. The fraction of sp³-hybridized carbons (Fsp3) is 0.440. The van der Waals surface area contributed by atoms with E-state index < -0.39 is 0 Å². The van der Waals surface area contributed by atoms with Crippen molar-refractivity contribution >= 4 is 5.91 Å². The highest BCUT2D eigenvalue weighted by atomic mass is 19.1. The molecular weight excluding hydrogens is 395 g/mol. The summed E-state index contributed by atoms with van der Waals surface area (Å²) in [4.78, 5) is 14.7. The van der Waals surface area contributed by atoms with Crippen LogP contribution in [0.4, 0.5) is 4.39 Å². The van der Waals surface area contributed by atoms with Crippen LogP contribution in [0.5, 0.6) is 5.75 Å². The van der Waals surface area contributed by atoms with Gasteiger partial charge in [0.2, 0.25) is 0 Å². The number of nitriles is 1. The Labute approximate surface area is 182 Å². The molecule has 2 saturated heterocycles. The highest BCUT2D eigenvalue weighted by molar-refractivity contribution is 5.94. The van der Waals surface area contributed by atoms with Crippen molar-refractivity contribution in [2.24, 2.45) is 5.92 Å². The summed E-state index contributed by atoms with van der Waals surface area (Å²) in [6.45, 7) is 2.70. The van der Waals surface area contributed by atoms with Gasteiger partial charge in [0.1, 0.15) is 11.6 Å². The van der Waals surface area contributed by atoms with Crippen molar-refractivity contribution in [3.8, 4) is 11.8 Å². The van der Waals surface area contributed by atoms with Crippen LogP contribution in [0.1, 0.15) is 48.0 Å². The Morgan fingerprint density at radius 3 is 2.55 bits per heavy atom. The molecule has 0 N–H and O–H groups in total. The number of hydrogen-bond donors (Lipinski definition) is 0. The second kappa shape index (κ2) is 9.49. The van der Waals surface area contributed by atoms with Gasteiger partial charge in [-0.15, -0.1) is 0 Å². The van der Waals surface area contributed by atoms with Crippen LogP contribution in [0.2, 0.25) is 0 Å². The molecule has 0 bridgehead atoms. The average molecular weight is 423 g/mol. The minimum absolute atomic E-state index is 0.0133. The van der Waals surface area contributed by atoms with Crippen LogP contribution in [-0.2, 0) is 4.74 Å². The largest absolute Gasteiger partial charge is 0.494 e. The lowest BCUT2D eigenvalue weighted by molar-refractivity contribution is -0.125. The van der Waals surface area contributed by atoms with Gasteiger partial charge in [-0.25, -0.2) is 4.39 Å². The number of hydrogen-bond acceptors (Lipinski definition) is 4. The zero-order valence-corrected chi connectivity index (χ0v) is 17.6. The van der Waals surface area contributed by atoms with E-state index in [1.54, 1.807) is 36.4 Å². The summed E-state index contributed by atoms with van der Waals surface area (Å²) in [6, 6.07) is 15.0. The number of nitrogens with zero attached hydrogens (tertiary/aromatic N) is 2. The first kappa shape index (κ1) is 21.3. The Bertz CT molecular complexity index is 929. The summed E-state index contributed by atoms with van der Waals surface area (Å²) in [6.07, 6.45) is 4.62. The van der Waals surface area contributed by atoms with E-state index in [9.17, 15) is 9.18 Å². The van der Waals surface area contributed by atoms with Crippen molar-refractivity contribution in [2.45, 2.75) is 37.7 Å². The summed E-state index contributed by atoms with van der Waals surface area (Å²) < 4.78 is 25.0. The highest BCUT2D eigenvalue weighted by Gasteiger charge is 2.41. The molecule has 31 heavy (non-hydrogen) atoms. The van der Waals surface area contributed by atoms with E-state index in [2.05, 4.69) is 6.07 Å². The Balaban J connectivity index is 1.26. The number of likely N-dealkylation sites (tertiary alicyclic amines) is 1. The van der Waals surface area contributed by atoms with Gasteiger partial charge in [0.25, 0.3) is 5.91 Å². The van der Waals surface area contributed by atoms with E-state index in [1.165, 1.54) is 12.1 Å². The number of carbonyl (C=O) groups excluding carboxylic acids is 1. The standard InChI is InChI=1S/C25H27FN2O3/c26-22-5-7-23(8-6-22)30-15-9-19-10-16-31-25(17-19)11-13-28(14-12-25)24(29)21-3-1-20(18-27)2-4-21/h1-8,19H,9-17H2. The van der Waals surface area contributed by atoms with Crippen molar-refractivity contribution in [3.63, 3.8) is 0 Å². The summed E-state index contributed by atoms with van der Waals surface area (Å²) >= 11 is 0. The number of piperidine rings is 1. The highest BCUT2D eigenvalue weighted by Crippen LogP contribution is 2.39. The Morgan fingerprint density at radius 1 is 1.16 bits per heavy atom. The summed E-state index contributed by atoms with van der Waals surface area (Å²) in [5, 5.41) is 8.92. The van der Waals surface area contributed by atoms with Gasteiger partial charge in [-0.1, -0.05) is 0 Å². The Morgan fingerprint density at radius 2 is 1.87 bits per heavy atom. The van der Waals surface area contributed by atoms with Crippen LogP contribution < -0.4 is 4.74 Å². The SMILES string of the molecule is N#Cc1ccc(C(=O)N2CCC3(CC2)CC(CCOc2ccc(F)cc2)CCO3)cc1. The lowest BCUT2D eigenvalue weighted by atomic mass is 9.78. The van der Waals surface area contributed by atoms with E-state index in [0.29, 0.717) is 42.5 Å². The predicted molar refractivity (Wildman–Crippen MR) is 114 cm³/mol. The van der Waals surface area contributed by atoms with Gasteiger partial charge < -0.3 is 14.4 Å². The molecule has 0 aromatic heterocycles. The first-order valence-corrected chi connectivity index (χ1v) is 10.9. The molecule has 2 fully saturated rings. The maximum atomic E-state index is 13.0. The summed E-state index contributed by atoms with van der Waals surface area (Å²) in [7, 11) is 0. The van der Waals surface area contributed by atoms with E-state index in [-0.39, 0.29) is 17.3 Å². The Kier molecular flexibility index (Phi) is 6.53. The van der Waals surface area contributed by atoms with Crippen LogP contribution in [0.3, 0.4) is 0 Å². The molecule has 4 rings (SSSR count). The fourth-order valence-electron chi connectivity index (χ4n) is 4.59. The molecule has 162 valence electrons. The maximum Gasteiger partial charge on any atom is 0.253 e. The summed E-state index contributed by atoms with van der Waals surface area (Å²) in [5.74, 6) is 0.967. The van der Waals surface area contributed by atoms with Gasteiger partial charge in [0, 0.05) is 25.3 Å². The minimum Gasteiger partial charge on any atom is -0.494 e. The number of ether oxygens (including phenoxy) is 2. The van der Waals surface area contributed by atoms with E-state index in [0.717, 1.165) is 38.7 Å². The van der Waals surface area contributed by atoms with Crippen molar-refractivity contribution < 1.29 is 18.7 Å². The molecule has 0 saturated carbocycles. The van der Waals surface area contributed by atoms with E-state index in [1.807, 2.05) is 4.90 Å². The molecule has 2 aliphatic rings. The van der Waals surface area contributed by atoms with Gasteiger partial charge in [-0.2, -0.15) is 5.26 Å². The monoisotopic (exact) mass is 422 g/mol. The summed E-state index contributed by atoms with van der Waals surface area (Å²) in [5.41, 5.74) is 1.02. The lowest BCUT2D eigenvalue weighted by Gasteiger charge is -2.46. The van der Waals surface area contributed by atoms with Crippen LogP contribution >= 0.6 is 0 Å². The molecule has 5 nitrogen and oxygen atoms in total.